The van der Waals surface area contributed by atoms with Crippen LogP contribution < -0.4 is 10.6 Å². The summed E-state index contributed by atoms with van der Waals surface area (Å²) in [6.07, 6.45) is 2.96. The van der Waals surface area contributed by atoms with Gasteiger partial charge in [0.2, 0.25) is 0 Å². The molecule has 0 amide bonds. The zero-order valence-electron chi connectivity index (χ0n) is 11.8. The fraction of sp³-hybridized carbons (Fsp3) is 0.167. The second kappa shape index (κ2) is 5.09. The average molecular weight is 275 g/mol. The Kier molecular flexibility index (Phi) is 2.96. The highest BCUT2D eigenvalue weighted by atomic mass is 14.9. The van der Waals surface area contributed by atoms with Crippen LogP contribution in [0, 0.1) is 0 Å². The fourth-order valence-corrected chi connectivity index (χ4v) is 3.01. The van der Waals surface area contributed by atoms with E-state index in [1.807, 2.05) is 24.4 Å². The van der Waals surface area contributed by atoms with E-state index < -0.39 is 0 Å². The number of rotatable bonds is 3. The molecular weight excluding hydrogens is 258 g/mol. The summed E-state index contributed by atoms with van der Waals surface area (Å²) in [4.78, 5) is 4.40. The first-order valence-electron chi connectivity index (χ1n) is 7.34. The van der Waals surface area contributed by atoms with E-state index in [0.717, 1.165) is 30.7 Å². The molecule has 3 nitrogen and oxygen atoms in total. The van der Waals surface area contributed by atoms with Gasteiger partial charge in [-0.1, -0.05) is 24.3 Å². The number of nitrogens with zero attached hydrogens (tertiary/aromatic N) is 1. The lowest BCUT2D eigenvalue weighted by Gasteiger charge is -2.12. The molecule has 3 heteroatoms. The number of nitrogens with one attached hydrogen (secondary N) is 2. The number of benzene rings is 2. The van der Waals surface area contributed by atoms with Crippen molar-refractivity contribution >= 4 is 22.3 Å². The van der Waals surface area contributed by atoms with E-state index in [9.17, 15) is 0 Å². The van der Waals surface area contributed by atoms with Crippen molar-refractivity contribution in [3.63, 3.8) is 0 Å². The first-order chi connectivity index (χ1) is 10.4. The minimum atomic E-state index is 0.824. The highest BCUT2D eigenvalue weighted by molar-refractivity contribution is 5.91. The first-order valence-corrected chi connectivity index (χ1v) is 7.34. The van der Waals surface area contributed by atoms with Crippen molar-refractivity contribution in [2.45, 2.75) is 13.0 Å². The lowest BCUT2D eigenvalue weighted by atomic mass is 10.1. The summed E-state index contributed by atoms with van der Waals surface area (Å²) in [6, 6.07) is 16.8. The molecule has 0 fully saturated rings. The highest BCUT2D eigenvalue weighted by Crippen LogP contribution is 2.28. The van der Waals surface area contributed by atoms with E-state index in [2.05, 4.69) is 45.9 Å². The third kappa shape index (κ3) is 2.21. The maximum absolute atomic E-state index is 4.40. The Balaban J connectivity index is 1.63. The third-order valence-corrected chi connectivity index (χ3v) is 4.05. The Morgan fingerprint density at radius 1 is 1.05 bits per heavy atom. The van der Waals surface area contributed by atoms with Gasteiger partial charge in [0, 0.05) is 36.0 Å². The van der Waals surface area contributed by atoms with Crippen molar-refractivity contribution in [2.24, 2.45) is 0 Å². The van der Waals surface area contributed by atoms with Gasteiger partial charge in [-0.05, 0) is 41.8 Å². The number of fused-ring (bicyclic) bond motifs is 2. The Morgan fingerprint density at radius 2 is 2.00 bits per heavy atom. The molecule has 1 aromatic heterocycles. The van der Waals surface area contributed by atoms with Gasteiger partial charge in [-0.2, -0.15) is 0 Å². The molecule has 0 saturated heterocycles. The SMILES string of the molecule is c1cc2c(c(CNc3cccc4ncccc34)c1)NCC2. The predicted octanol–water partition coefficient (Wildman–Crippen LogP) is 3.81. The fourth-order valence-electron chi connectivity index (χ4n) is 3.01. The minimum Gasteiger partial charge on any atom is -0.384 e. The molecule has 0 radical (unpaired) electrons. The van der Waals surface area contributed by atoms with Crippen LogP contribution in [0.4, 0.5) is 11.4 Å². The number of aromatic nitrogens is 1. The van der Waals surface area contributed by atoms with Crippen LogP contribution in [-0.2, 0) is 13.0 Å². The molecule has 1 aliphatic rings. The monoisotopic (exact) mass is 275 g/mol. The first kappa shape index (κ1) is 12.2. The Labute approximate surface area is 124 Å². The maximum Gasteiger partial charge on any atom is 0.0722 e. The Hall–Kier alpha value is -2.55. The van der Waals surface area contributed by atoms with Gasteiger partial charge in [0.25, 0.3) is 0 Å². The van der Waals surface area contributed by atoms with Crippen molar-refractivity contribution < 1.29 is 0 Å². The maximum atomic E-state index is 4.40. The van der Waals surface area contributed by atoms with Crippen LogP contribution in [0.15, 0.2) is 54.7 Å². The standard InChI is InChI=1S/C18H17N3/c1-4-13-9-11-20-18(13)14(5-1)12-21-17-8-2-7-16-15(17)6-3-10-19-16/h1-8,10,20-21H,9,11-12H2. The lowest BCUT2D eigenvalue weighted by molar-refractivity contribution is 1.11. The summed E-state index contributed by atoms with van der Waals surface area (Å²) in [5, 5.41) is 8.21. The van der Waals surface area contributed by atoms with Crippen LogP contribution >= 0.6 is 0 Å². The topological polar surface area (TPSA) is 37.0 Å². The van der Waals surface area contributed by atoms with Crippen LogP contribution in [0.5, 0.6) is 0 Å². The van der Waals surface area contributed by atoms with Gasteiger partial charge in [-0.3, -0.25) is 4.98 Å². The molecule has 1 aliphatic heterocycles. The Morgan fingerprint density at radius 3 is 3.00 bits per heavy atom. The molecule has 2 heterocycles. The number of anilines is 2. The van der Waals surface area contributed by atoms with Crippen molar-refractivity contribution in [3.05, 3.63) is 65.9 Å². The van der Waals surface area contributed by atoms with Gasteiger partial charge in [0.1, 0.15) is 0 Å². The second-order valence-electron chi connectivity index (χ2n) is 5.36. The zero-order valence-corrected chi connectivity index (χ0v) is 11.8. The molecule has 2 N–H and O–H groups in total. The molecule has 0 saturated carbocycles. The van der Waals surface area contributed by atoms with Crippen molar-refractivity contribution in [1.29, 1.82) is 0 Å². The molecule has 21 heavy (non-hydrogen) atoms. The van der Waals surface area contributed by atoms with Gasteiger partial charge < -0.3 is 10.6 Å². The summed E-state index contributed by atoms with van der Waals surface area (Å²) >= 11 is 0. The molecule has 0 unspecified atom stereocenters. The lowest BCUT2D eigenvalue weighted by Crippen LogP contribution is -2.03. The molecule has 4 rings (SSSR count). The second-order valence-corrected chi connectivity index (χ2v) is 5.36. The normalized spacial score (nSPS) is 13.0. The van der Waals surface area contributed by atoms with E-state index >= 15 is 0 Å². The van der Waals surface area contributed by atoms with Crippen LogP contribution in [0.1, 0.15) is 11.1 Å². The van der Waals surface area contributed by atoms with Gasteiger partial charge in [0.15, 0.2) is 0 Å². The zero-order chi connectivity index (χ0) is 14.1. The summed E-state index contributed by atoms with van der Waals surface area (Å²) in [7, 11) is 0. The number of pyridine rings is 1. The number of hydrogen-bond acceptors (Lipinski definition) is 3. The summed E-state index contributed by atoms with van der Waals surface area (Å²) in [5.41, 5.74) is 6.22. The highest BCUT2D eigenvalue weighted by Gasteiger charge is 2.13. The molecule has 104 valence electrons. The molecule has 2 aromatic carbocycles. The Bertz CT molecular complexity index is 790. The number of hydrogen-bond donors (Lipinski definition) is 2. The van der Waals surface area contributed by atoms with Crippen LogP contribution in [0.2, 0.25) is 0 Å². The minimum absolute atomic E-state index is 0.824. The van der Waals surface area contributed by atoms with Gasteiger partial charge in [-0.25, -0.2) is 0 Å². The van der Waals surface area contributed by atoms with Crippen LogP contribution in [0.3, 0.4) is 0 Å². The van der Waals surface area contributed by atoms with Gasteiger partial charge in [0.05, 0.1) is 5.52 Å². The van der Waals surface area contributed by atoms with Crippen molar-refractivity contribution in [2.75, 3.05) is 17.2 Å². The summed E-state index contributed by atoms with van der Waals surface area (Å²) in [5.74, 6) is 0. The average Bonchev–Trinajstić information content (AvgIpc) is 3.02. The molecular formula is C18H17N3. The molecule has 3 aromatic rings. The molecule has 0 atom stereocenters. The van der Waals surface area contributed by atoms with Crippen molar-refractivity contribution in [3.8, 4) is 0 Å². The van der Waals surface area contributed by atoms with E-state index in [-0.39, 0.29) is 0 Å². The molecule has 0 bridgehead atoms. The van der Waals surface area contributed by atoms with E-state index in [4.69, 9.17) is 0 Å². The quantitative estimate of drug-likeness (QED) is 0.763. The van der Waals surface area contributed by atoms with E-state index in [0.29, 0.717) is 0 Å². The van der Waals surface area contributed by atoms with Crippen molar-refractivity contribution in [1.82, 2.24) is 4.98 Å². The van der Waals surface area contributed by atoms with Crippen LogP contribution in [-0.4, -0.2) is 11.5 Å². The van der Waals surface area contributed by atoms with E-state index in [1.165, 1.54) is 22.2 Å². The van der Waals surface area contributed by atoms with Gasteiger partial charge in [-0.15, -0.1) is 0 Å². The predicted molar refractivity (Wildman–Crippen MR) is 87.7 cm³/mol. The van der Waals surface area contributed by atoms with Gasteiger partial charge >= 0.3 is 0 Å². The summed E-state index contributed by atoms with van der Waals surface area (Å²) in [6.45, 7) is 1.87. The molecule has 0 spiro atoms. The largest absolute Gasteiger partial charge is 0.384 e. The van der Waals surface area contributed by atoms with E-state index in [1.54, 1.807) is 0 Å². The number of para-hydroxylation sites is 1. The van der Waals surface area contributed by atoms with Crippen LogP contribution in [0.25, 0.3) is 10.9 Å². The smallest absolute Gasteiger partial charge is 0.0722 e. The molecule has 0 aliphatic carbocycles. The summed E-state index contributed by atoms with van der Waals surface area (Å²) < 4.78 is 0. The third-order valence-electron chi connectivity index (χ3n) is 4.05.